The van der Waals surface area contributed by atoms with Crippen molar-refractivity contribution in [3.8, 4) is 0 Å². The Morgan fingerprint density at radius 1 is 1.53 bits per heavy atom. The molecule has 1 aliphatic rings. The number of ketones is 1. The molecular formula is C17H30O2. The normalized spacial score (nSPS) is 28.1. The SMILES string of the molecule is COC(C)(C)CCCC1=CC[C@@](C)(C(C)=O)C(C)C1. The molecule has 2 nitrogen and oxygen atoms in total. The number of ether oxygens (including phenoxy) is 1. The number of allylic oxidation sites excluding steroid dienone is 2. The van der Waals surface area contributed by atoms with Crippen LogP contribution >= 0.6 is 0 Å². The number of rotatable bonds is 6. The van der Waals surface area contributed by atoms with Crippen LogP contribution in [0.1, 0.15) is 66.7 Å². The van der Waals surface area contributed by atoms with Gasteiger partial charge in [-0.05, 0) is 58.8 Å². The number of Topliss-reactive ketones (excluding diaryl/α,β-unsaturated/α-hetero) is 1. The highest BCUT2D eigenvalue weighted by Gasteiger charge is 2.37. The van der Waals surface area contributed by atoms with Crippen molar-refractivity contribution in [3.05, 3.63) is 11.6 Å². The van der Waals surface area contributed by atoms with Crippen LogP contribution in [0.15, 0.2) is 11.6 Å². The quantitative estimate of drug-likeness (QED) is 0.660. The molecular weight excluding hydrogens is 236 g/mol. The first-order valence-electron chi connectivity index (χ1n) is 7.45. The number of carbonyl (C=O) groups is 1. The topological polar surface area (TPSA) is 26.3 Å². The predicted molar refractivity (Wildman–Crippen MR) is 80.2 cm³/mol. The van der Waals surface area contributed by atoms with E-state index >= 15 is 0 Å². The molecule has 1 rings (SSSR count). The van der Waals surface area contributed by atoms with Crippen molar-refractivity contribution in [2.75, 3.05) is 7.11 Å². The van der Waals surface area contributed by atoms with Crippen LogP contribution in [0, 0.1) is 11.3 Å². The summed E-state index contributed by atoms with van der Waals surface area (Å²) < 4.78 is 5.45. The Morgan fingerprint density at radius 3 is 2.63 bits per heavy atom. The van der Waals surface area contributed by atoms with Crippen molar-refractivity contribution in [2.45, 2.75) is 72.3 Å². The van der Waals surface area contributed by atoms with Crippen molar-refractivity contribution < 1.29 is 9.53 Å². The minimum absolute atomic E-state index is 0.0191. The van der Waals surface area contributed by atoms with Crippen LogP contribution in [0.4, 0.5) is 0 Å². The monoisotopic (exact) mass is 266 g/mol. The fourth-order valence-electron chi connectivity index (χ4n) is 2.80. The van der Waals surface area contributed by atoms with Crippen LogP contribution < -0.4 is 0 Å². The van der Waals surface area contributed by atoms with E-state index in [4.69, 9.17) is 4.74 Å². The van der Waals surface area contributed by atoms with Crippen LogP contribution in [0.3, 0.4) is 0 Å². The Kier molecular flexibility index (Phi) is 5.37. The average molecular weight is 266 g/mol. The fourth-order valence-corrected chi connectivity index (χ4v) is 2.80. The van der Waals surface area contributed by atoms with E-state index in [1.165, 1.54) is 5.57 Å². The Morgan fingerprint density at radius 2 is 2.16 bits per heavy atom. The van der Waals surface area contributed by atoms with Gasteiger partial charge in [0, 0.05) is 12.5 Å². The van der Waals surface area contributed by atoms with Gasteiger partial charge in [0.15, 0.2) is 0 Å². The van der Waals surface area contributed by atoms with Gasteiger partial charge in [0.1, 0.15) is 5.78 Å². The molecule has 0 heterocycles. The molecule has 0 fully saturated rings. The highest BCUT2D eigenvalue weighted by atomic mass is 16.5. The summed E-state index contributed by atoms with van der Waals surface area (Å²) in [5, 5.41) is 0. The van der Waals surface area contributed by atoms with E-state index in [0.29, 0.717) is 11.7 Å². The number of methoxy groups -OCH3 is 1. The molecule has 0 aromatic carbocycles. The summed E-state index contributed by atoms with van der Waals surface area (Å²) >= 11 is 0. The minimum Gasteiger partial charge on any atom is -0.379 e. The highest BCUT2D eigenvalue weighted by Crippen LogP contribution is 2.42. The van der Waals surface area contributed by atoms with Gasteiger partial charge in [-0.2, -0.15) is 0 Å². The Balaban J connectivity index is 2.51. The molecule has 2 atom stereocenters. The molecule has 0 aromatic rings. The molecule has 1 unspecified atom stereocenters. The Bertz CT molecular complexity index is 354. The molecule has 0 aromatic heterocycles. The third kappa shape index (κ3) is 4.17. The van der Waals surface area contributed by atoms with Gasteiger partial charge >= 0.3 is 0 Å². The van der Waals surface area contributed by atoms with Crippen LogP contribution in [-0.2, 0) is 9.53 Å². The van der Waals surface area contributed by atoms with Gasteiger partial charge in [0.05, 0.1) is 5.60 Å². The van der Waals surface area contributed by atoms with E-state index in [1.54, 1.807) is 14.0 Å². The zero-order valence-electron chi connectivity index (χ0n) is 13.5. The summed E-state index contributed by atoms with van der Waals surface area (Å²) in [5.41, 5.74) is 1.36. The van der Waals surface area contributed by atoms with E-state index in [0.717, 1.165) is 32.1 Å². The zero-order valence-corrected chi connectivity index (χ0v) is 13.5. The van der Waals surface area contributed by atoms with Gasteiger partial charge in [-0.1, -0.05) is 25.5 Å². The molecule has 19 heavy (non-hydrogen) atoms. The predicted octanol–water partition coefficient (Wildman–Crippen LogP) is 4.53. The van der Waals surface area contributed by atoms with E-state index in [9.17, 15) is 4.79 Å². The van der Waals surface area contributed by atoms with E-state index in [1.807, 2.05) is 0 Å². The minimum atomic E-state index is -0.144. The fraction of sp³-hybridized carbons (Fsp3) is 0.824. The molecule has 0 saturated carbocycles. The van der Waals surface area contributed by atoms with Crippen LogP contribution in [-0.4, -0.2) is 18.5 Å². The smallest absolute Gasteiger partial charge is 0.136 e. The maximum Gasteiger partial charge on any atom is 0.136 e. The van der Waals surface area contributed by atoms with Gasteiger partial charge < -0.3 is 4.74 Å². The van der Waals surface area contributed by atoms with Crippen LogP contribution in [0.2, 0.25) is 0 Å². The molecule has 0 aliphatic heterocycles. The summed E-state index contributed by atoms with van der Waals surface area (Å²) in [6.45, 7) is 10.3. The second-order valence-corrected chi connectivity index (χ2v) is 6.96. The third-order valence-electron chi connectivity index (χ3n) is 5.10. The van der Waals surface area contributed by atoms with Crippen molar-refractivity contribution in [1.82, 2.24) is 0 Å². The van der Waals surface area contributed by atoms with Gasteiger partial charge in [-0.25, -0.2) is 0 Å². The van der Waals surface area contributed by atoms with Crippen molar-refractivity contribution >= 4 is 5.78 Å². The summed E-state index contributed by atoms with van der Waals surface area (Å²) in [6.07, 6.45) is 7.68. The van der Waals surface area contributed by atoms with Gasteiger partial charge in [0.25, 0.3) is 0 Å². The van der Waals surface area contributed by atoms with Gasteiger partial charge in [0.2, 0.25) is 0 Å². The average Bonchev–Trinajstić information content (AvgIpc) is 2.33. The number of hydrogen-bond donors (Lipinski definition) is 0. The standard InChI is InChI=1S/C17H30O2/c1-13-12-15(8-7-10-16(3,4)19-6)9-11-17(13,5)14(2)18/h9,13H,7-8,10-12H2,1-6H3/t13?,17-/m1/s1. The first-order valence-corrected chi connectivity index (χ1v) is 7.45. The summed E-state index contributed by atoms with van der Waals surface area (Å²) in [6, 6.07) is 0. The van der Waals surface area contributed by atoms with Crippen molar-refractivity contribution in [2.24, 2.45) is 11.3 Å². The first kappa shape index (κ1) is 16.4. The molecule has 0 spiro atoms. The lowest BCUT2D eigenvalue weighted by molar-refractivity contribution is -0.128. The molecule has 2 heteroatoms. The third-order valence-corrected chi connectivity index (χ3v) is 5.10. The second kappa shape index (κ2) is 6.21. The molecule has 110 valence electrons. The lowest BCUT2D eigenvalue weighted by atomic mass is 9.66. The number of carbonyl (C=O) groups excluding carboxylic acids is 1. The second-order valence-electron chi connectivity index (χ2n) is 6.96. The van der Waals surface area contributed by atoms with Crippen molar-refractivity contribution in [1.29, 1.82) is 0 Å². The van der Waals surface area contributed by atoms with Crippen LogP contribution in [0.25, 0.3) is 0 Å². The number of hydrogen-bond acceptors (Lipinski definition) is 2. The maximum absolute atomic E-state index is 11.8. The van der Waals surface area contributed by atoms with Crippen molar-refractivity contribution in [3.63, 3.8) is 0 Å². The summed E-state index contributed by atoms with van der Waals surface area (Å²) in [5.74, 6) is 0.788. The lowest BCUT2D eigenvalue weighted by Crippen LogP contribution is -2.35. The maximum atomic E-state index is 11.8. The van der Waals surface area contributed by atoms with Crippen LogP contribution in [0.5, 0.6) is 0 Å². The van der Waals surface area contributed by atoms with Gasteiger partial charge in [-0.15, -0.1) is 0 Å². The van der Waals surface area contributed by atoms with Gasteiger partial charge in [-0.3, -0.25) is 4.79 Å². The first-order chi connectivity index (χ1) is 8.71. The molecule has 0 bridgehead atoms. The molecule has 0 N–H and O–H groups in total. The van der Waals surface area contributed by atoms with E-state index in [-0.39, 0.29) is 11.0 Å². The van der Waals surface area contributed by atoms with E-state index in [2.05, 4.69) is 33.8 Å². The summed E-state index contributed by atoms with van der Waals surface area (Å²) in [7, 11) is 1.78. The van der Waals surface area contributed by atoms with E-state index < -0.39 is 0 Å². The molecule has 1 aliphatic carbocycles. The molecule has 0 saturated heterocycles. The highest BCUT2D eigenvalue weighted by molar-refractivity contribution is 5.82. The molecule has 0 radical (unpaired) electrons. The Labute approximate surface area is 118 Å². The lowest BCUT2D eigenvalue weighted by Gasteiger charge is -2.37. The Hall–Kier alpha value is -0.630. The summed E-state index contributed by atoms with van der Waals surface area (Å²) in [4.78, 5) is 11.8. The largest absolute Gasteiger partial charge is 0.379 e. The zero-order chi connectivity index (χ0) is 14.7. The molecule has 0 amide bonds.